The van der Waals surface area contributed by atoms with Crippen molar-refractivity contribution in [1.29, 1.82) is 0 Å². The quantitative estimate of drug-likeness (QED) is 0.878. The summed E-state index contributed by atoms with van der Waals surface area (Å²) in [6, 6.07) is 2.94. The summed E-state index contributed by atoms with van der Waals surface area (Å²) >= 11 is 0. The maximum atomic E-state index is 13.6. The zero-order valence-electron chi connectivity index (χ0n) is 10.6. The minimum Gasteiger partial charge on any atom is -0.338 e. The monoisotopic (exact) mass is 248 g/mol. The van der Waals surface area contributed by atoms with Crippen molar-refractivity contribution >= 4 is 0 Å². The lowest BCUT2D eigenvalue weighted by Gasteiger charge is -2.15. The van der Waals surface area contributed by atoms with Crippen LogP contribution in [-0.2, 0) is 13.5 Å². The summed E-state index contributed by atoms with van der Waals surface area (Å²) < 4.78 is 15.6. The van der Waals surface area contributed by atoms with Crippen molar-refractivity contribution in [2.75, 3.05) is 7.05 Å². The Morgan fingerprint density at radius 2 is 2.22 bits per heavy atom. The average molecular weight is 248 g/mol. The first kappa shape index (κ1) is 12.7. The molecule has 96 valence electrons. The number of imidazole rings is 1. The van der Waals surface area contributed by atoms with Crippen LogP contribution in [0.15, 0.2) is 30.7 Å². The van der Waals surface area contributed by atoms with Crippen molar-refractivity contribution in [3.05, 3.63) is 48.1 Å². The molecular weight excluding hydrogens is 231 g/mol. The fourth-order valence-corrected chi connectivity index (χ4v) is 1.98. The van der Waals surface area contributed by atoms with Crippen LogP contribution in [-0.4, -0.2) is 21.6 Å². The molecule has 0 aromatic carbocycles. The van der Waals surface area contributed by atoms with Crippen LogP contribution < -0.4 is 5.32 Å². The molecule has 4 nitrogen and oxygen atoms in total. The summed E-state index contributed by atoms with van der Waals surface area (Å²) in [7, 11) is 3.77. The van der Waals surface area contributed by atoms with E-state index in [0.717, 1.165) is 18.7 Å². The first-order chi connectivity index (χ1) is 8.72. The summed E-state index contributed by atoms with van der Waals surface area (Å²) in [5, 5.41) is 3.10. The molecule has 2 rings (SSSR count). The van der Waals surface area contributed by atoms with Gasteiger partial charge in [0.1, 0.15) is 11.6 Å². The van der Waals surface area contributed by atoms with E-state index in [4.69, 9.17) is 0 Å². The van der Waals surface area contributed by atoms with Gasteiger partial charge >= 0.3 is 0 Å². The van der Waals surface area contributed by atoms with Gasteiger partial charge in [-0.05, 0) is 25.6 Å². The Labute approximate surface area is 106 Å². The second-order valence-corrected chi connectivity index (χ2v) is 4.20. The Bertz CT molecular complexity index is 509. The smallest absolute Gasteiger partial charge is 0.146 e. The van der Waals surface area contributed by atoms with Gasteiger partial charge in [0.15, 0.2) is 0 Å². The summed E-state index contributed by atoms with van der Waals surface area (Å²) in [6.07, 6.45) is 6.83. The van der Waals surface area contributed by atoms with Gasteiger partial charge in [-0.1, -0.05) is 0 Å². The van der Waals surface area contributed by atoms with Gasteiger partial charge in [-0.2, -0.15) is 0 Å². The number of rotatable bonds is 5. The first-order valence-corrected chi connectivity index (χ1v) is 5.96. The lowest BCUT2D eigenvalue weighted by Crippen LogP contribution is -2.20. The van der Waals surface area contributed by atoms with Gasteiger partial charge in [0, 0.05) is 32.1 Å². The molecule has 1 unspecified atom stereocenters. The van der Waals surface area contributed by atoms with Crippen LogP contribution in [0, 0.1) is 5.82 Å². The standard InChI is InChI=1S/C13H17FN4/c1-15-11(13-10(14)4-3-7-17-13)5-6-12-16-8-9-18(12)2/h3-4,7-9,11,15H,5-6H2,1-2H3. The van der Waals surface area contributed by atoms with Gasteiger partial charge in [0.2, 0.25) is 0 Å². The van der Waals surface area contributed by atoms with Crippen molar-refractivity contribution in [1.82, 2.24) is 19.9 Å². The predicted molar refractivity (Wildman–Crippen MR) is 67.5 cm³/mol. The summed E-state index contributed by atoms with van der Waals surface area (Å²) in [6.45, 7) is 0. The van der Waals surface area contributed by atoms with Crippen LogP contribution in [0.3, 0.4) is 0 Å². The lowest BCUT2D eigenvalue weighted by atomic mass is 10.1. The van der Waals surface area contributed by atoms with E-state index < -0.39 is 0 Å². The highest BCUT2D eigenvalue weighted by atomic mass is 19.1. The molecule has 0 amide bonds. The number of nitrogens with one attached hydrogen (secondary N) is 1. The van der Waals surface area contributed by atoms with E-state index in [2.05, 4.69) is 15.3 Å². The van der Waals surface area contributed by atoms with Crippen LogP contribution in [0.25, 0.3) is 0 Å². The van der Waals surface area contributed by atoms with Crippen LogP contribution in [0.4, 0.5) is 4.39 Å². The lowest BCUT2D eigenvalue weighted by molar-refractivity contribution is 0.486. The third-order valence-corrected chi connectivity index (χ3v) is 3.04. The number of aryl methyl sites for hydroxylation is 2. The van der Waals surface area contributed by atoms with Crippen LogP contribution >= 0.6 is 0 Å². The Morgan fingerprint density at radius 1 is 1.39 bits per heavy atom. The zero-order valence-corrected chi connectivity index (χ0v) is 10.6. The van der Waals surface area contributed by atoms with E-state index in [1.807, 2.05) is 24.9 Å². The largest absolute Gasteiger partial charge is 0.338 e. The molecule has 0 aliphatic heterocycles. The van der Waals surface area contributed by atoms with E-state index in [9.17, 15) is 4.39 Å². The maximum absolute atomic E-state index is 13.6. The molecule has 0 fully saturated rings. The van der Waals surface area contributed by atoms with Gasteiger partial charge in [0.25, 0.3) is 0 Å². The van der Waals surface area contributed by atoms with Gasteiger partial charge in [-0.3, -0.25) is 4.98 Å². The third kappa shape index (κ3) is 2.73. The Hall–Kier alpha value is -1.75. The molecule has 2 aromatic rings. The van der Waals surface area contributed by atoms with Gasteiger partial charge in [-0.15, -0.1) is 0 Å². The molecule has 2 aromatic heterocycles. The second-order valence-electron chi connectivity index (χ2n) is 4.20. The predicted octanol–water partition coefficient (Wildman–Crippen LogP) is 1.85. The Balaban J connectivity index is 2.07. The number of halogens is 1. The molecule has 0 aliphatic carbocycles. The average Bonchev–Trinajstić information content (AvgIpc) is 2.78. The fourth-order valence-electron chi connectivity index (χ4n) is 1.98. The highest BCUT2D eigenvalue weighted by Crippen LogP contribution is 2.18. The molecule has 0 aliphatic rings. The van der Waals surface area contributed by atoms with Crippen molar-refractivity contribution in [3.8, 4) is 0 Å². The van der Waals surface area contributed by atoms with Crippen LogP contribution in [0.1, 0.15) is 24.0 Å². The molecule has 0 saturated carbocycles. The molecule has 5 heteroatoms. The maximum Gasteiger partial charge on any atom is 0.146 e. The number of nitrogens with zero attached hydrogens (tertiary/aromatic N) is 3. The molecular formula is C13H17FN4. The van der Waals surface area contributed by atoms with Crippen molar-refractivity contribution in [2.24, 2.45) is 7.05 Å². The molecule has 2 heterocycles. The second kappa shape index (κ2) is 5.73. The number of hydrogen-bond donors (Lipinski definition) is 1. The van der Waals surface area contributed by atoms with E-state index in [0.29, 0.717) is 5.69 Å². The highest BCUT2D eigenvalue weighted by Gasteiger charge is 2.15. The van der Waals surface area contributed by atoms with Gasteiger partial charge < -0.3 is 9.88 Å². The van der Waals surface area contributed by atoms with Gasteiger partial charge in [0.05, 0.1) is 11.7 Å². The minimum atomic E-state index is -0.267. The summed E-state index contributed by atoms with van der Waals surface area (Å²) in [5.41, 5.74) is 0.467. The molecule has 1 N–H and O–H groups in total. The highest BCUT2D eigenvalue weighted by molar-refractivity contribution is 5.12. The molecule has 18 heavy (non-hydrogen) atoms. The van der Waals surface area contributed by atoms with Crippen molar-refractivity contribution < 1.29 is 4.39 Å². The topological polar surface area (TPSA) is 42.7 Å². The summed E-state index contributed by atoms with van der Waals surface area (Å²) in [5.74, 6) is 0.725. The molecule has 0 bridgehead atoms. The molecule has 0 saturated heterocycles. The third-order valence-electron chi connectivity index (χ3n) is 3.04. The molecule has 1 atom stereocenters. The van der Waals surface area contributed by atoms with E-state index in [-0.39, 0.29) is 11.9 Å². The van der Waals surface area contributed by atoms with Crippen molar-refractivity contribution in [3.63, 3.8) is 0 Å². The minimum absolute atomic E-state index is 0.0945. The SMILES string of the molecule is CNC(CCc1nccn1C)c1ncccc1F. The zero-order chi connectivity index (χ0) is 13.0. The summed E-state index contributed by atoms with van der Waals surface area (Å²) in [4.78, 5) is 8.37. The van der Waals surface area contributed by atoms with E-state index in [1.165, 1.54) is 6.07 Å². The van der Waals surface area contributed by atoms with E-state index >= 15 is 0 Å². The fraction of sp³-hybridized carbons (Fsp3) is 0.385. The van der Waals surface area contributed by atoms with E-state index in [1.54, 1.807) is 18.5 Å². The van der Waals surface area contributed by atoms with Crippen LogP contribution in [0.5, 0.6) is 0 Å². The number of pyridine rings is 1. The normalized spacial score (nSPS) is 12.6. The first-order valence-electron chi connectivity index (χ1n) is 5.96. The van der Waals surface area contributed by atoms with Crippen molar-refractivity contribution in [2.45, 2.75) is 18.9 Å². The number of hydrogen-bond acceptors (Lipinski definition) is 3. The van der Waals surface area contributed by atoms with Crippen LogP contribution in [0.2, 0.25) is 0 Å². The van der Waals surface area contributed by atoms with Gasteiger partial charge in [-0.25, -0.2) is 9.37 Å². The Morgan fingerprint density at radius 3 is 2.83 bits per heavy atom. The molecule has 0 spiro atoms. The Kier molecular flexibility index (Phi) is 4.04. The number of aromatic nitrogens is 3. The molecule has 0 radical (unpaired) electrons.